The number of carbonyl (C=O) groups is 2. The number of aryl methyl sites for hydroxylation is 1. The smallest absolute Gasteiger partial charge is 0.254 e. The average Bonchev–Trinajstić information content (AvgIpc) is 3.52. The van der Waals surface area contributed by atoms with Crippen LogP contribution in [0.25, 0.3) is 0 Å². The minimum absolute atomic E-state index is 0.0202. The van der Waals surface area contributed by atoms with Gasteiger partial charge in [-0.15, -0.1) is 0 Å². The summed E-state index contributed by atoms with van der Waals surface area (Å²) in [6, 6.07) is 15.8. The highest BCUT2D eigenvalue weighted by molar-refractivity contribution is 5.97. The summed E-state index contributed by atoms with van der Waals surface area (Å²) < 4.78 is 0. The minimum atomic E-state index is 0.0202. The first-order valence-electron chi connectivity index (χ1n) is 9.39. The van der Waals surface area contributed by atoms with E-state index in [0.717, 1.165) is 37.8 Å². The van der Waals surface area contributed by atoms with Crippen LogP contribution in [0.1, 0.15) is 53.2 Å². The molecule has 0 spiro atoms. The molecule has 1 atom stereocenters. The van der Waals surface area contributed by atoms with Crippen molar-refractivity contribution in [3.05, 3.63) is 65.2 Å². The largest absolute Gasteiger partial charge is 0.335 e. The molecule has 0 aromatic heterocycles. The van der Waals surface area contributed by atoms with Crippen molar-refractivity contribution in [1.29, 1.82) is 0 Å². The molecule has 0 aliphatic heterocycles. The van der Waals surface area contributed by atoms with Gasteiger partial charge in [-0.3, -0.25) is 9.59 Å². The van der Waals surface area contributed by atoms with E-state index in [4.69, 9.17) is 0 Å². The van der Waals surface area contributed by atoms with E-state index in [0.29, 0.717) is 5.56 Å². The molecule has 2 amide bonds. The molecule has 1 unspecified atom stereocenters. The van der Waals surface area contributed by atoms with Crippen molar-refractivity contribution >= 4 is 17.5 Å². The molecule has 2 aliphatic rings. The Bertz CT molecular complexity index is 824. The Kier molecular flexibility index (Phi) is 4.49. The molecule has 4 rings (SSSR count). The Morgan fingerprint density at radius 2 is 1.73 bits per heavy atom. The summed E-state index contributed by atoms with van der Waals surface area (Å²) in [5, 5.41) is 2.91. The van der Waals surface area contributed by atoms with Gasteiger partial charge < -0.3 is 10.2 Å². The summed E-state index contributed by atoms with van der Waals surface area (Å²) in [7, 11) is 1.89. The van der Waals surface area contributed by atoms with Gasteiger partial charge in [0.2, 0.25) is 5.91 Å². The highest BCUT2D eigenvalue weighted by Crippen LogP contribution is 2.34. The van der Waals surface area contributed by atoms with Crippen molar-refractivity contribution in [2.45, 2.75) is 38.1 Å². The third-order valence-electron chi connectivity index (χ3n) is 5.47. The molecule has 134 valence electrons. The molecular weight excluding hydrogens is 324 g/mol. The number of anilines is 1. The van der Waals surface area contributed by atoms with Crippen LogP contribution in [0.3, 0.4) is 0 Å². The van der Waals surface area contributed by atoms with Crippen molar-refractivity contribution in [3.8, 4) is 0 Å². The quantitative estimate of drug-likeness (QED) is 0.901. The second-order valence-electron chi connectivity index (χ2n) is 7.36. The van der Waals surface area contributed by atoms with Gasteiger partial charge in [0.05, 0.1) is 6.04 Å². The van der Waals surface area contributed by atoms with E-state index in [1.54, 1.807) is 12.1 Å². The molecule has 2 aromatic rings. The Hall–Kier alpha value is -2.62. The third kappa shape index (κ3) is 3.36. The van der Waals surface area contributed by atoms with Crippen LogP contribution in [0.5, 0.6) is 0 Å². The first-order valence-corrected chi connectivity index (χ1v) is 9.39. The Morgan fingerprint density at radius 3 is 2.46 bits per heavy atom. The van der Waals surface area contributed by atoms with E-state index >= 15 is 0 Å². The number of nitrogens with one attached hydrogen (secondary N) is 1. The molecule has 1 fully saturated rings. The number of rotatable bonds is 4. The lowest BCUT2D eigenvalue weighted by Crippen LogP contribution is -2.33. The summed E-state index contributed by atoms with van der Waals surface area (Å²) in [5.74, 6) is 0.278. The summed E-state index contributed by atoms with van der Waals surface area (Å²) in [5.41, 5.74) is 4.02. The number of nitrogens with zero attached hydrogens (tertiary/aromatic N) is 1. The highest BCUT2D eigenvalue weighted by Gasteiger charge is 2.30. The summed E-state index contributed by atoms with van der Waals surface area (Å²) in [6.07, 6.45) is 5.15. The fourth-order valence-electron chi connectivity index (χ4n) is 3.76. The van der Waals surface area contributed by atoms with Crippen LogP contribution in [0, 0.1) is 5.92 Å². The molecule has 4 nitrogen and oxygen atoms in total. The zero-order valence-electron chi connectivity index (χ0n) is 15.1. The van der Waals surface area contributed by atoms with Crippen molar-refractivity contribution < 1.29 is 9.59 Å². The predicted molar refractivity (Wildman–Crippen MR) is 102 cm³/mol. The first-order chi connectivity index (χ1) is 12.6. The molecule has 0 radical (unpaired) electrons. The fraction of sp³-hybridized carbons (Fsp3) is 0.364. The van der Waals surface area contributed by atoms with Gasteiger partial charge >= 0.3 is 0 Å². The molecule has 1 N–H and O–H groups in total. The average molecular weight is 348 g/mol. The molecule has 2 aromatic carbocycles. The lowest BCUT2D eigenvalue weighted by Gasteiger charge is -2.33. The van der Waals surface area contributed by atoms with E-state index < -0.39 is 0 Å². The van der Waals surface area contributed by atoms with E-state index in [9.17, 15) is 9.59 Å². The zero-order chi connectivity index (χ0) is 18.1. The van der Waals surface area contributed by atoms with Gasteiger partial charge in [0.1, 0.15) is 0 Å². The van der Waals surface area contributed by atoms with Crippen molar-refractivity contribution in [2.75, 3.05) is 12.4 Å². The second kappa shape index (κ2) is 6.94. The van der Waals surface area contributed by atoms with Crippen LogP contribution in [-0.4, -0.2) is 23.8 Å². The lowest BCUT2D eigenvalue weighted by molar-refractivity contribution is -0.117. The Balaban J connectivity index is 1.48. The normalized spacial score (nSPS) is 18.7. The van der Waals surface area contributed by atoms with Crippen LogP contribution in [0.4, 0.5) is 5.69 Å². The highest BCUT2D eigenvalue weighted by atomic mass is 16.2. The topological polar surface area (TPSA) is 49.4 Å². The third-order valence-corrected chi connectivity index (χ3v) is 5.47. The molecule has 0 heterocycles. The fourth-order valence-corrected chi connectivity index (χ4v) is 3.76. The lowest BCUT2D eigenvalue weighted by atomic mass is 9.87. The Morgan fingerprint density at radius 1 is 1.00 bits per heavy atom. The van der Waals surface area contributed by atoms with Gasteiger partial charge in [-0.1, -0.05) is 24.3 Å². The van der Waals surface area contributed by atoms with Crippen molar-refractivity contribution in [3.63, 3.8) is 0 Å². The Labute approximate surface area is 154 Å². The standard InChI is InChI=1S/C22H24N2O2/c1-24(20-8-4-6-15-5-2-3-7-19(15)20)22(26)17-11-13-18(14-12-17)23-21(25)16-9-10-16/h2-3,5,7,11-14,16,20H,4,6,8-10H2,1H3,(H,23,25). The summed E-state index contributed by atoms with van der Waals surface area (Å²) >= 11 is 0. The van der Waals surface area contributed by atoms with Gasteiger partial charge in [0.25, 0.3) is 5.91 Å². The van der Waals surface area contributed by atoms with Crippen LogP contribution in [0.2, 0.25) is 0 Å². The van der Waals surface area contributed by atoms with E-state index in [1.165, 1.54) is 11.1 Å². The van der Waals surface area contributed by atoms with Crippen LogP contribution >= 0.6 is 0 Å². The van der Waals surface area contributed by atoms with E-state index in [1.807, 2.05) is 30.1 Å². The van der Waals surface area contributed by atoms with Crippen molar-refractivity contribution in [2.24, 2.45) is 5.92 Å². The molecule has 1 saturated carbocycles. The van der Waals surface area contributed by atoms with Crippen LogP contribution in [0.15, 0.2) is 48.5 Å². The van der Waals surface area contributed by atoms with E-state index in [2.05, 4.69) is 23.5 Å². The van der Waals surface area contributed by atoms with Crippen LogP contribution in [-0.2, 0) is 11.2 Å². The maximum absolute atomic E-state index is 12.9. The second-order valence-corrected chi connectivity index (χ2v) is 7.36. The minimum Gasteiger partial charge on any atom is -0.335 e. The SMILES string of the molecule is CN(C(=O)c1ccc(NC(=O)C2CC2)cc1)C1CCCc2ccccc21. The van der Waals surface area contributed by atoms with E-state index in [-0.39, 0.29) is 23.8 Å². The van der Waals surface area contributed by atoms with Gasteiger partial charge in [-0.05, 0) is 67.5 Å². The van der Waals surface area contributed by atoms with Crippen molar-refractivity contribution in [1.82, 2.24) is 4.90 Å². The predicted octanol–water partition coefficient (Wildman–Crippen LogP) is 4.18. The number of amides is 2. The summed E-state index contributed by atoms with van der Waals surface area (Å²) in [6.45, 7) is 0. The number of carbonyl (C=O) groups excluding carboxylic acids is 2. The summed E-state index contributed by atoms with van der Waals surface area (Å²) in [4.78, 5) is 26.6. The number of hydrogen-bond acceptors (Lipinski definition) is 2. The van der Waals surface area contributed by atoms with Gasteiger partial charge in [-0.25, -0.2) is 0 Å². The van der Waals surface area contributed by atoms with Gasteiger partial charge in [0, 0.05) is 24.2 Å². The molecule has 0 saturated heterocycles. The first kappa shape index (κ1) is 16.8. The van der Waals surface area contributed by atoms with Gasteiger partial charge in [-0.2, -0.15) is 0 Å². The van der Waals surface area contributed by atoms with Crippen LogP contribution < -0.4 is 5.32 Å². The monoisotopic (exact) mass is 348 g/mol. The molecular formula is C22H24N2O2. The maximum atomic E-state index is 12.9. The molecule has 2 aliphatic carbocycles. The molecule has 26 heavy (non-hydrogen) atoms. The number of hydrogen-bond donors (Lipinski definition) is 1. The van der Waals surface area contributed by atoms with Gasteiger partial charge in [0.15, 0.2) is 0 Å². The number of benzene rings is 2. The maximum Gasteiger partial charge on any atom is 0.254 e. The number of fused-ring (bicyclic) bond motifs is 1. The molecule has 4 heteroatoms. The zero-order valence-corrected chi connectivity index (χ0v) is 15.1. The molecule has 0 bridgehead atoms.